The first kappa shape index (κ1) is 16.0. The summed E-state index contributed by atoms with van der Waals surface area (Å²) in [7, 11) is 0. The van der Waals surface area contributed by atoms with Crippen LogP contribution in [-0.2, 0) is 4.79 Å². The number of hydrogen-bond donors (Lipinski definition) is 1. The van der Waals surface area contributed by atoms with Gasteiger partial charge in [-0.1, -0.05) is 50.0 Å². The van der Waals surface area contributed by atoms with Gasteiger partial charge in [0, 0.05) is 17.3 Å². The summed E-state index contributed by atoms with van der Waals surface area (Å²) in [5, 5.41) is 4.10. The third kappa shape index (κ3) is 5.88. The van der Waals surface area contributed by atoms with E-state index in [1.165, 1.54) is 12.8 Å². The molecule has 0 radical (unpaired) electrons. The molecule has 1 atom stereocenters. The van der Waals surface area contributed by atoms with Crippen molar-refractivity contribution in [1.29, 1.82) is 0 Å². The van der Waals surface area contributed by atoms with E-state index in [4.69, 9.17) is 0 Å². The molecule has 0 aromatic rings. The molecule has 96 valence electrons. The molecule has 0 rings (SSSR count). The van der Waals surface area contributed by atoms with Crippen LogP contribution < -0.4 is 5.32 Å². The van der Waals surface area contributed by atoms with Crippen LogP contribution >= 0.6 is 15.9 Å². The third-order valence-electron chi connectivity index (χ3n) is 3.26. The van der Waals surface area contributed by atoms with E-state index >= 15 is 0 Å². The second kappa shape index (κ2) is 8.10. The lowest BCUT2D eigenvalue weighted by Gasteiger charge is -2.23. The zero-order valence-electron chi connectivity index (χ0n) is 11.1. The highest BCUT2D eigenvalue weighted by molar-refractivity contribution is 9.09. The Hall–Kier alpha value is -0.0500. The Morgan fingerprint density at radius 3 is 2.38 bits per heavy atom. The lowest BCUT2D eigenvalue weighted by Crippen LogP contribution is -2.39. The molecule has 0 saturated heterocycles. The third-order valence-corrected chi connectivity index (χ3v) is 3.72. The number of carbonyl (C=O) groups excluding carboxylic acids is 1. The molecule has 1 N–H and O–H groups in total. The molecule has 1 amide bonds. The molecule has 16 heavy (non-hydrogen) atoms. The van der Waals surface area contributed by atoms with Gasteiger partial charge in [-0.3, -0.25) is 4.79 Å². The molecule has 0 saturated carbocycles. The minimum absolute atomic E-state index is 0.186. The number of hydrogen-bond acceptors (Lipinski definition) is 1. The second-order valence-corrected chi connectivity index (χ2v) is 5.87. The molecule has 0 aromatic heterocycles. The number of rotatable bonds is 8. The molecular formula is C13H26BrNO. The predicted molar refractivity (Wildman–Crippen MR) is 73.9 cm³/mol. The lowest BCUT2D eigenvalue weighted by atomic mass is 9.89. The summed E-state index contributed by atoms with van der Waals surface area (Å²) in [6.45, 7) is 9.08. The Morgan fingerprint density at radius 1 is 1.31 bits per heavy atom. The van der Waals surface area contributed by atoms with Gasteiger partial charge < -0.3 is 5.32 Å². The van der Waals surface area contributed by atoms with Crippen LogP contribution in [0.4, 0.5) is 0 Å². The zero-order chi connectivity index (χ0) is 12.6. The summed E-state index contributed by atoms with van der Waals surface area (Å²) in [4.78, 5) is 11.9. The van der Waals surface area contributed by atoms with Crippen molar-refractivity contribution in [2.24, 2.45) is 11.3 Å². The Morgan fingerprint density at radius 2 is 1.94 bits per heavy atom. The van der Waals surface area contributed by atoms with Crippen LogP contribution in [0.3, 0.4) is 0 Å². The standard InChI is InChI=1S/C13H26BrNO/c1-5-7-11(8-9-14)10-15-12(16)13(3,4)6-2/h11H,5-10H2,1-4H3,(H,15,16). The summed E-state index contributed by atoms with van der Waals surface area (Å²) in [6.07, 6.45) is 4.40. The van der Waals surface area contributed by atoms with Crippen LogP contribution in [0.1, 0.15) is 53.4 Å². The van der Waals surface area contributed by atoms with Crippen molar-refractivity contribution in [2.75, 3.05) is 11.9 Å². The normalized spacial score (nSPS) is 13.6. The van der Waals surface area contributed by atoms with Crippen LogP contribution in [-0.4, -0.2) is 17.8 Å². The number of carbonyl (C=O) groups is 1. The molecule has 0 aliphatic heterocycles. The largest absolute Gasteiger partial charge is 0.355 e. The molecule has 0 aliphatic rings. The first-order chi connectivity index (χ1) is 7.47. The van der Waals surface area contributed by atoms with Crippen molar-refractivity contribution < 1.29 is 4.79 Å². The summed E-state index contributed by atoms with van der Waals surface area (Å²) >= 11 is 3.47. The average Bonchev–Trinajstić information content (AvgIpc) is 2.26. The van der Waals surface area contributed by atoms with Gasteiger partial charge in [-0.2, -0.15) is 0 Å². The van der Waals surface area contributed by atoms with Gasteiger partial charge in [-0.05, 0) is 25.2 Å². The Bertz CT molecular complexity index is 198. The van der Waals surface area contributed by atoms with Gasteiger partial charge in [0.2, 0.25) is 5.91 Å². The molecule has 0 bridgehead atoms. The minimum atomic E-state index is -0.231. The first-order valence-corrected chi connectivity index (χ1v) is 7.44. The van der Waals surface area contributed by atoms with E-state index in [0.29, 0.717) is 5.92 Å². The van der Waals surface area contributed by atoms with Crippen molar-refractivity contribution in [2.45, 2.75) is 53.4 Å². The monoisotopic (exact) mass is 291 g/mol. The van der Waals surface area contributed by atoms with Gasteiger partial charge in [0.25, 0.3) is 0 Å². The van der Waals surface area contributed by atoms with Crippen molar-refractivity contribution in [3.8, 4) is 0 Å². The van der Waals surface area contributed by atoms with Crippen molar-refractivity contribution >= 4 is 21.8 Å². The van der Waals surface area contributed by atoms with Gasteiger partial charge in [0.05, 0.1) is 0 Å². The van der Waals surface area contributed by atoms with E-state index in [-0.39, 0.29) is 11.3 Å². The van der Waals surface area contributed by atoms with Crippen LogP contribution in [0.15, 0.2) is 0 Å². The van der Waals surface area contributed by atoms with Crippen molar-refractivity contribution in [1.82, 2.24) is 5.32 Å². The fourth-order valence-electron chi connectivity index (χ4n) is 1.55. The van der Waals surface area contributed by atoms with E-state index in [0.717, 1.165) is 24.7 Å². The molecular weight excluding hydrogens is 266 g/mol. The lowest BCUT2D eigenvalue weighted by molar-refractivity contribution is -0.129. The minimum Gasteiger partial charge on any atom is -0.355 e. The Balaban J connectivity index is 4.04. The van der Waals surface area contributed by atoms with Crippen molar-refractivity contribution in [3.63, 3.8) is 0 Å². The fraction of sp³-hybridized carbons (Fsp3) is 0.923. The van der Waals surface area contributed by atoms with Crippen LogP contribution in [0, 0.1) is 11.3 Å². The topological polar surface area (TPSA) is 29.1 Å². The number of alkyl halides is 1. The summed E-state index contributed by atoms with van der Waals surface area (Å²) in [5.74, 6) is 0.798. The maximum absolute atomic E-state index is 11.9. The fourth-order valence-corrected chi connectivity index (χ4v) is 2.20. The summed E-state index contributed by atoms with van der Waals surface area (Å²) in [6, 6.07) is 0. The molecule has 0 spiro atoms. The first-order valence-electron chi connectivity index (χ1n) is 6.32. The predicted octanol–water partition coefficient (Wildman–Crippen LogP) is 3.74. The van der Waals surface area contributed by atoms with Gasteiger partial charge in [0.15, 0.2) is 0 Å². The van der Waals surface area contributed by atoms with Crippen LogP contribution in [0.2, 0.25) is 0 Å². The Labute approximate surface area is 109 Å². The Kier molecular flexibility index (Phi) is 8.08. The van der Waals surface area contributed by atoms with E-state index in [2.05, 4.69) is 35.1 Å². The van der Waals surface area contributed by atoms with Gasteiger partial charge in [-0.15, -0.1) is 0 Å². The van der Waals surface area contributed by atoms with E-state index in [1.54, 1.807) is 0 Å². The quantitative estimate of drug-likeness (QED) is 0.678. The highest BCUT2D eigenvalue weighted by atomic mass is 79.9. The second-order valence-electron chi connectivity index (χ2n) is 5.08. The smallest absolute Gasteiger partial charge is 0.225 e. The maximum Gasteiger partial charge on any atom is 0.225 e. The summed E-state index contributed by atoms with van der Waals surface area (Å²) in [5.41, 5.74) is -0.231. The van der Waals surface area contributed by atoms with E-state index in [1.807, 2.05) is 13.8 Å². The molecule has 1 unspecified atom stereocenters. The van der Waals surface area contributed by atoms with Crippen LogP contribution in [0.5, 0.6) is 0 Å². The van der Waals surface area contributed by atoms with Gasteiger partial charge in [-0.25, -0.2) is 0 Å². The molecule has 0 fully saturated rings. The SMILES string of the molecule is CCCC(CCBr)CNC(=O)C(C)(C)CC. The molecule has 2 nitrogen and oxygen atoms in total. The highest BCUT2D eigenvalue weighted by Gasteiger charge is 2.25. The van der Waals surface area contributed by atoms with Gasteiger partial charge >= 0.3 is 0 Å². The number of nitrogens with one attached hydrogen (secondary N) is 1. The molecule has 0 aromatic carbocycles. The highest BCUT2D eigenvalue weighted by Crippen LogP contribution is 2.20. The van der Waals surface area contributed by atoms with Crippen molar-refractivity contribution in [3.05, 3.63) is 0 Å². The number of amides is 1. The number of halogens is 1. The molecule has 0 heterocycles. The average molecular weight is 292 g/mol. The van der Waals surface area contributed by atoms with E-state index in [9.17, 15) is 4.79 Å². The maximum atomic E-state index is 11.9. The molecule has 0 aliphatic carbocycles. The summed E-state index contributed by atoms with van der Waals surface area (Å²) < 4.78 is 0. The van der Waals surface area contributed by atoms with Crippen LogP contribution in [0.25, 0.3) is 0 Å². The van der Waals surface area contributed by atoms with E-state index < -0.39 is 0 Å². The zero-order valence-corrected chi connectivity index (χ0v) is 12.7. The van der Waals surface area contributed by atoms with Gasteiger partial charge in [0.1, 0.15) is 0 Å². The molecule has 3 heteroatoms.